The predicted octanol–water partition coefficient (Wildman–Crippen LogP) is 7.12. The van der Waals surface area contributed by atoms with Crippen LogP contribution in [0, 0.1) is 10.1 Å². The lowest BCUT2D eigenvalue weighted by Crippen LogP contribution is -2.41. The number of amidine groups is 1. The zero-order chi connectivity index (χ0) is 27.2. The lowest BCUT2D eigenvalue weighted by Gasteiger charge is -2.31. The number of amides is 1. The van der Waals surface area contributed by atoms with Gasteiger partial charge in [-0.05, 0) is 78.9 Å². The first-order valence-corrected chi connectivity index (χ1v) is 14.7. The number of carbonyl (C=O) groups excluding carboxylic acids is 1. The van der Waals surface area contributed by atoms with Crippen LogP contribution >= 0.6 is 11.8 Å². The van der Waals surface area contributed by atoms with Crippen LogP contribution in [-0.4, -0.2) is 40.1 Å². The third-order valence-electron chi connectivity index (χ3n) is 7.67. The quantitative estimate of drug-likeness (QED) is 0.198. The molecule has 0 atom stereocenters. The van der Waals surface area contributed by atoms with Gasteiger partial charge in [0, 0.05) is 18.2 Å². The smallest absolute Gasteiger partial charge is 0.269 e. The molecule has 2 aromatic carbocycles. The zero-order valence-electron chi connectivity index (χ0n) is 22.3. The number of thioether (sulfide) groups is 1. The van der Waals surface area contributed by atoms with Crippen LogP contribution in [0.1, 0.15) is 75.3 Å². The van der Waals surface area contributed by atoms with Crippen molar-refractivity contribution in [2.45, 2.75) is 82.9 Å². The average molecular weight is 550 g/mol. The van der Waals surface area contributed by atoms with Crippen LogP contribution in [0.15, 0.2) is 52.4 Å². The standard InChI is InChI=1S/C30H35N3O5S/c1-37-27-18-22(14-17-26(27)38-20-21-12-15-25(16-13-21)33(35)36)19-28-29(34)32(24-10-6-3-7-11-24)30(39-28)31-23-8-4-2-5-9-23/h12-19,23-24H,2-11,20H2,1H3. The van der Waals surface area contributed by atoms with Gasteiger partial charge in [0.15, 0.2) is 16.7 Å². The van der Waals surface area contributed by atoms with E-state index < -0.39 is 4.92 Å². The summed E-state index contributed by atoms with van der Waals surface area (Å²) in [5.74, 6) is 1.17. The molecule has 1 amide bonds. The molecule has 0 aromatic heterocycles. The molecule has 0 radical (unpaired) electrons. The Balaban J connectivity index is 1.33. The Hall–Kier alpha value is -3.33. The van der Waals surface area contributed by atoms with E-state index in [9.17, 15) is 14.9 Å². The first-order chi connectivity index (χ1) is 19.0. The summed E-state index contributed by atoms with van der Waals surface area (Å²) in [6.45, 7) is 0.250. The Morgan fingerprint density at radius 2 is 1.69 bits per heavy atom. The minimum atomic E-state index is -0.423. The second kappa shape index (κ2) is 12.7. The highest BCUT2D eigenvalue weighted by atomic mass is 32.2. The topological polar surface area (TPSA) is 94.3 Å². The summed E-state index contributed by atoms with van der Waals surface area (Å²) in [7, 11) is 1.58. The van der Waals surface area contributed by atoms with Crippen molar-refractivity contribution in [3.05, 3.63) is 68.6 Å². The van der Waals surface area contributed by atoms with Crippen molar-refractivity contribution < 1.29 is 19.2 Å². The van der Waals surface area contributed by atoms with E-state index in [-0.39, 0.29) is 24.2 Å². The number of rotatable bonds is 8. The molecule has 0 bridgehead atoms. The Labute approximate surface area is 233 Å². The number of non-ortho nitro benzene ring substituents is 1. The maximum atomic E-state index is 13.7. The van der Waals surface area contributed by atoms with Crippen LogP contribution in [0.3, 0.4) is 0 Å². The molecule has 206 valence electrons. The van der Waals surface area contributed by atoms with Gasteiger partial charge in [0.2, 0.25) is 0 Å². The third-order valence-corrected chi connectivity index (χ3v) is 8.67. The molecular weight excluding hydrogens is 514 g/mol. The average Bonchev–Trinajstić information content (AvgIpc) is 3.27. The molecular formula is C30H35N3O5S. The van der Waals surface area contributed by atoms with Crippen LogP contribution in [0.25, 0.3) is 6.08 Å². The van der Waals surface area contributed by atoms with Gasteiger partial charge in [0.25, 0.3) is 11.6 Å². The van der Waals surface area contributed by atoms with E-state index in [1.54, 1.807) is 19.2 Å². The predicted molar refractivity (Wildman–Crippen MR) is 154 cm³/mol. The molecule has 39 heavy (non-hydrogen) atoms. The highest BCUT2D eigenvalue weighted by Gasteiger charge is 2.39. The summed E-state index contributed by atoms with van der Waals surface area (Å²) in [6.07, 6.45) is 13.5. The molecule has 2 aromatic rings. The van der Waals surface area contributed by atoms with Gasteiger partial charge in [-0.1, -0.05) is 44.6 Å². The van der Waals surface area contributed by atoms with Crippen LogP contribution in [-0.2, 0) is 11.4 Å². The van der Waals surface area contributed by atoms with Crippen molar-refractivity contribution in [3.63, 3.8) is 0 Å². The molecule has 2 saturated carbocycles. The highest BCUT2D eigenvalue weighted by molar-refractivity contribution is 8.18. The highest BCUT2D eigenvalue weighted by Crippen LogP contribution is 2.39. The van der Waals surface area contributed by atoms with Crippen molar-refractivity contribution in [2.24, 2.45) is 4.99 Å². The second-order valence-corrected chi connectivity index (χ2v) is 11.4. The monoisotopic (exact) mass is 549 g/mol. The van der Waals surface area contributed by atoms with Gasteiger partial charge in [-0.3, -0.25) is 24.8 Å². The number of carbonyl (C=O) groups is 1. The summed E-state index contributed by atoms with van der Waals surface area (Å²) in [6, 6.07) is 12.4. The first-order valence-electron chi connectivity index (χ1n) is 13.9. The minimum Gasteiger partial charge on any atom is -0.493 e. The number of hydrogen-bond donors (Lipinski definition) is 0. The fourth-order valence-electron chi connectivity index (χ4n) is 5.52. The van der Waals surface area contributed by atoms with E-state index in [1.807, 2.05) is 29.2 Å². The Morgan fingerprint density at radius 3 is 2.36 bits per heavy atom. The molecule has 1 saturated heterocycles. The van der Waals surface area contributed by atoms with Crippen molar-refractivity contribution >= 4 is 34.6 Å². The van der Waals surface area contributed by atoms with Crippen LogP contribution in [0.2, 0.25) is 0 Å². The largest absolute Gasteiger partial charge is 0.493 e. The normalized spacial score (nSPS) is 21.1. The maximum absolute atomic E-state index is 13.7. The molecule has 5 rings (SSSR count). The summed E-state index contributed by atoms with van der Waals surface area (Å²) >= 11 is 1.50. The van der Waals surface area contributed by atoms with Crippen LogP contribution in [0.5, 0.6) is 11.5 Å². The summed E-state index contributed by atoms with van der Waals surface area (Å²) in [5.41, 5.74) is 1.71. The van der Waals surface area contributed by atoms with Gasteiger partial charge in [-0.25, -0.2) is 0 Å². The van der Waals surface area contributed by atoms with Crippen molar-refractivity contribution in [1.82, 2.24) is 4.90 Å². The summed E-state index contributed by atoms with van der Waals surface area (Å²) in [5, 5.41) is 11.8. The van der Waals surface area contributed by atoms with Gasteiger partial charge >= 0.3 is 0 Å². The van der Waals surface area contributed by atoms with E-state index in [1.165, 1.54) is 49.6 Å². The van der Waals surface area contributed by atoms with Crippen molar-refractivity contribution in [3.8, 4) is 11.5 Å². The lowest BCUT2D eigenvalue weighted by atomic mass is 9.94. The van der Waals surface area contributed by atoms with Gasteiger partial charge in [-0.15, -0.1) is 0 Å². The molecule has 3 aliphatic rings. The van der Waals surface area contributed by atoms with E-state index >= 15 is 0 Å². The first kappa shape index (κ1) is 27.2. The van der Waals surface area contributed by atoms with Crippen molar-refractivity contribution in [1.29, 1.82) is 0 Å². The van der Waals surface area contributed by atoms with E-state index in [4.69, 9.17) is 14.5 Å². The number of benzene rings is 2. The number of nitrogens with zero attached hydrogens (tertiary/aromatic N) is 3. The van der Waals surface area contributed by atoms with Crippen molar-refractivity contribution in [2.75, 3.05) is 7.11 Å². The van der Waals surface area contributed by atoms with E-state index in [0.717, 1.165) is 54.8 Å². The molecule has 9 heteroatoms. The number of ether oxygens (including phenoxy) is 2. The molecule has 8 nitrogen and oxygen atoms in total. The number of hydrogen-bond acceptors (Lipinski definition) is 7. The van der Waals surface area contributed by atoms with Gasteiger partial charge < -0.3 is 9.47 Å². The second-order valence-electron chi connectivity index (χ2n) is 10.4. The lowest BCUT2D eigenvalue weighted by molar-refractivity contribution is -0.384. The van der Waals surface area contributed by atoms with E-state index in [0.29, 0.717) is 22.4 Å². The number of nitro benzene ring substituents is 1. The van der Waals surface area contributed by atoms with Crippen LogP contribution < -0.4 is 9.47 Å². The minimum absolute atomic E-state index is 0.0436. The number of nitro groups is 1. The van der Waals surface area contributed by atoms with Gasteiger partial charge in [-0.2, -0.15) is 0 Å². The molecule has 0 N–H and O–H groups in total. The maximum Gasteiger partial charge on any atom is 0.269 e. The summed E-state index contributed by atoms with van der Waals surface area (Å²) < 4.78 is 11.5. The Kier molecular flexibility index (Phi) is 8.86. The SMILES string of the molecule is COc1cc(C=C2SC(=NC3CCCCC3)N(C3CCCCC3)C2=O)ccc1OCc1ccc([N+](=O)[O-])cc1. The third kappa shape index (κ3) is 6.64. The fraction of sp³-hybridized carbons (Fsp3) is 0.467. The molecule has 1 heterocycles. The molecule has 2 aliphatic carbocycles. The Bertz CT molecular complexity index is 1250. The Morgan fingerprint density at radius 1 is 1.00 bits per heavy atom. The van der Waals surface area contributed by atoms with E-state index in [2.05, 4.69) is 0 Å². The van der Waals surface area contributed by atoms with Gasteiger partial charge in [0.1, 0.15) is 6.61 Å². The zero-order valence-corrected chi connectivity index (χ0v) is 23.2. The van der Waals surface area contributed by atoms with Crippen LogP contribution in [0.4, 0.5) is 5.69 Å². The fourth-order valence-corrected chi connectivity index (χ4v) is 6.63. The molecule has 3 fully saturated rings. The summed E-state index contributed by atoms with van der Waals surface area (Å²) in [4.78, 5) is 31.9. The number of aliphatic imine (C=N–C) groups is 1. The van der Waals surface area contributed by atoms with Gasteiger partial charge in [0.05, 0.1) is 23.0 Å². The molecule has 0 unspecified atom stereocenters. The molecule has 1 aliphatic heterocycles. The molecule has 0 spiro atoms. The number of methoxy groups -OCH3 is 1.